The minimum atomic E-state index is -1.50. The van der Waals surface area contributed by atoms with Crippen LogP contribution in [0, 0.1) is 27.7 Å². The van der Waals surface area contributed by atoms with Crippen molar-refractivity contribution in [1.29, 1.82) is 0 Å². The van der Waals surface area contributed by atoms with E-state index in [-0.39, 0.29) is 25.0 Å². The summed E-state index contributed by atoms with van der Waals surface area (Å²) in [6.45, 7) is 8.74. The molecule has 5 rings (SSSR count). The molecule has 1 atom stereocenters. The number of aromatic nitrogens is 2. The Bertz CT molecular complexity index is 1690. The minimum absolute atomic E-state index is 0.158. The van der Waals surface area contributed by atoms with Crippen molar-refractivity contribution in [3.63, 3.8) is 0 Å². The predicted octanol–water partition coefficient (Wildman–Crippen LogP) is 5.60. The molecule has 1 aromatic heterocycles. The van der Waals surface area contributed by atoms with Gasteiger partial charge in [0, 0.05) is 65.0 Å². The van der Waals surface area contributed by atoms with E-state index < -0.39 is 11.9 Å². The number of hydrogen-bond donors (Lipinski definition) is 2. The van der Waals surface area contributed by atoms with Crippen LogP contribution in [0.2, 0.25) is 10.0 Å². The van der Waals surface area contributed by atoms with Crippen LogP contribution in [0.25, 0.3) is 16.7 Å². The van der Waals surface area contributed by atoms with E-state index in [1.165, 1.54) is 4.90 Å². The van der Waals surface area contributed by atoms with Gasteiger partial charge in [0.2, 0.25) is 5.91 Å². The Morgan fingerprint density at radius 3 is 2.43 bits per heavy atom. The number of aryl methyl sites for hydroxylation is 4. The van der Waals surface area contributed by atoms with Crippen LogP contribution < -0.4 is 10.1 Å². The van der Waals surface area contributed by atoms with Crippen LogP contribution >= 0.6 is 23.2 Å². The summed E-state index contributed by atoms with van der Waals surface area (Å²) in [5.41, 5.74) is 9.12. The summed E-state index contributed by atoms with van der Waals surface area (Å²) < 4.78 is 7.91. The number of nitrogens with one attached hydrogen (secondary N) is 1. The van der Waals surface area contributed by atoms with Gasteiger partial charge >= 0.3 is 11.9 Å². The zero-order valence-corrected chi connectivity index (χ0v) is 27.0. The molecule has 3 aromatic rings. The molecule has 1 fully saturated rings. The average molecular weight is 640 g/mol. The summed E-state index contributed by atoms with van der Waals surface area (Å²) in [5.74, 6) is -1.92. The maximum Gasteiger partial charge on any atom is 0.394 e. The lowest BCUT2D eigenvalue weighted by Crippen LogP contribution is -2.40. The maximum atomic E-state index is 13.8. The van der Waals surface area contributed by atoms with Gasteiger partial charge < -0.3 is 20.1 Å². The highest BCUT2D eigenvalue weighted by Crippen LogP contribution is 2.45. The molecule has 44 heavy (non-hydrogen) atoms. The topological polar surface area (TPSA) is 114 Å². The molecule has 2 aromatic carbocycles. The first-order chi connectivity index (χ1) is 20.9. The highest BCUT2D eigenvalue weighted by molar-refractivity contribution is 6.34. The lowest BCUT2D eigenvalue weighted by Gasteiger charge is -2.16. The van der Waals surface area contributed by atoms with Crippen LogP contribution in [0.4, 0.5) is 0 Å². The third-order valence-electron chi connectivity index (χ3n) is 8.58. The third-order valence-corrected chi connectivity index (χ3v) is 9.49. The van der Waals surface area contributed by atoms with Gasteiger partial charge in [-0.2, -0.15) is 5.10 Å². The quantitative estimate of drug-likeness (QED) is 0.245. The van der Waals surface area contributed by atoms with Gasteiger partial charge in [0.1, 0.15) is 5.75 Å². The van der Waals surface area contributed by atoms with Gasteiger partial charge in [0.15, 0.2) is 0 Å². The lowest BCUT2D eigenvalue weighted by atomic mass is 9.93. The Hall–Kier alpha value is -3.82. The lowest BCUT2D eigenvalue weighted by molar-refractivity contribution is -0.155. The number of carbonyl (C=O) groups excluding carboxylic acids is 2. The van der Waals surface area contributed by atoms with Crippen molar-refractivity contribution >= 4 is 46.6 Å². The molecule has 1 aliphatic heterocycles. The highest BCUT2D eigenvalue weighted by Gasteiger charge is 2.34. The van der Waals surface area contributed by atoms with Crippen LogP contribution in [-0.2, 0) is 27.9 Å². The molecule has 2 heterocycles. The summed E-state index contributed by atoms with van der Waals surface area (Å²) in [5, 5.41) is 18.1. The van der Waals surface area contributed by atoms with E-state index in [0.717, 1.165) is 61.1 Å². The Morgan fingerprint density at radius 2 is 1.80 bits per heavy atom. The van der Waals surface area contributed by atoms with Crippen molar-refractivity contribution in [2.24, 2.45) is 7.05 Å². The van der Waals surface area contributed by atoms with E-state index in [9.17, 15) is 14.4 Å². The van der Waals surface area contributed by atoms with E-state index >= 15 is 0 Å². The summed E-state index contributed by atoms with van der Waals surface area (Å²) in [4.78, 5) is 38.2. The number of hydrogen-bond acceptors (Lipinski definition) is 5. The number of amides is 2. The number of carboxylic acid groups (broad SMARTS) is 1. The second kappa shape index (κ2) is 12.7. The molecule has 0 unspecified atom stereocenters. The molecule has 0 bridgehead atoms. The molecule has 2 amide bonds. The zero-order valence-electron chi connectivity index (χ0n) is 25.5. The highest BCUT2D eigenvalue weighted by atomic mass is 35.5. The van der Waals surface area contributed by atoms with Gasteiger partial charge in [-0.25, -0.2) is 4.79 Å². The Labute approximate surface area is 266 Å². The number of ether oxygens (including phenoxy) is 1. The number of nitrogens with zero attached hydrogens (tertiary/aromatic N) is 3. The van der Waals surface area contributed by atoms with Crippen LogP contribution in [0.5, 0.6) is 5.75 Å². The molecule has 1 aliphatic carbocycles. The molecule has 0 spiro atoms. The average Bonchev–Trinajstić information content (AvgIpc) is 3.65. The number of rotatable bonds is 8. The molecule has 232 valence electrons. The normalized spacial score (nSPS) is 16.0. The molecule has 0 radical (unpaired) electrons. The largest absolute Gasteiger partial charge is 0.494 e. The minimum Gasteiger partial charge on any atom is -0.494 e. The van der Waals surface area contributed by atoms with Gasteiger partial charge in [-0.3, -0.25) is 14.3 Å². The fraction of sp³-hybridized carbons (Fsp3) is 0.394. The number of carboxylic acids is 1. The SMILES string of the molecule is Cc1cc(OCCCC2=C(C(=O)N[C@@H]3CCN(C(=O)C(=O)O)C3)Cc3c2ccc(Cl)c3-c2c(C)nn(C)c2C)cc(C)c1Cl. The number of fused-ring (bicyclic) bond motifs is 1. The Balaban J connectivity index is 1.42. The van der Waals surface area contributed by atoms with Gasteiger partial charge in [0.25, 0.3) is 0 Å². The summed E-state index contributed by atoms with van der Waals surface area (Å²) in [6.07, 6.45) is 2.14. The van der Waals surface area contributed by atoms with Crippen LogP contribution in [0.15, 0.2) is 29.8 Å². The van der Waals surface area contributed by atoms with E-state index in [1.807, 2.05) is 63.7 Å². The molecule has 0 saturated carbocycles. The first-order valence-electron chi connectivity index (χ1n) is 14.6. The first kappa shape index (κ1) is 31.6. The molecular formula is C33H36Cl2N4O5. The van der Waals surface area contributed by atoms with Crippen LogP contribution in [0.3, 0.4) is 0 Å². The van der Waals surface area contributed by atoms with Crippen molar-refractivity contribution in [3.05, 3.63) is 73.5 Å². The standard InChI is InChI=1S/C33H36Cl2N4O5/c1-17-13-22(14-18(2)30(17)35)44-12-6-7-23-24-8-9-27(34)29(28-19(3)37-38(5)20(28)4)25(24)15-26(23)31(40)36-21-10-11-39(16-21)32(41)33(42)43/h8-9,13-14,21H,6-7,10-12,15-16H2,1-5H3,(H,36,40)(H,42,43)/t21-/m1/s1. The van der Waals surface area contributed by atoms with Crippen molar-refractivity contribution in [2.45, 2.75) is 59.4 Å². The summed E-state index contributed by atoms with van der Waals surface area (Å²) in [7, 11) is 1.90. The Kier molecular flexibility index (Phi) is 9.09. The van der Waals surface area contributed by atoms with Gasteiger partial charge in [-0.05, 0) is 93.0 Å². The molecule has 2 N–H and O–H groups in total. The van der Waals surface area contributed by atoms with Crippen molar-refractivity contribution in [3.8, 4) is 16.9 Å². The molecule has 9 nitrogen and oxygen atoms in total. The number of allylic oxidation sites excluding steroid dienone is 1. The number of carbonyl (C=O) groups is 3. The van der Waals surface area contributed by atoms with E-state index in [4.69, 9.17) is 33.0 Å². The second-order valence-electron chi connectivity index (χ2n) is 11.6. The van der Waals surface area contributed by atoms with Crippen LogP contribution in [-0.4, -0.2) is 63.3 Å². The zero-order chi connectivity index (χ0) is 31.9. The number of halogens is 2. The van der Waals surface area contributed by atoms with Crippen molar-refractivity contribution in [1.82, 2.24) is 20.0 Å². The maximum absolute atomic E-state index is 13.8. The van der Waals surface area contributed by atoms with E-state index in [1.54, 1.807) is 0 Å². The monoisotopic (exact) mass is 638 g/mol. The second-order valence-corrected chi connectivity index (χ2v) is 12.4. The fourth-order valence-electron chi connectivity index (χ4n) is 6.34. The summed E-state index contributed by atoms with van der Waals surface area (Å²) in [6, 6.07) is 7.36. The fourth-order valence-corrected chi connectivity index (χ4v) is 6.72. The van der Waals surface area contributed by atoms with Crippen molar-refractivity contribution in [2.75, 3.05) is 19.7 Å². The van der Waals surface area contributed by atoms with Gasteiger partial charge in [-0.1, -0.05) is 29.3 Å². The van der Waals surface area contributed by atoms with Gasteiger partial charge in [0.05, 0.1) is 12.3 Å². The predicted molar refractivity (Wildman–Crippen MR) is 170 cm³/mol. The smallest absolute Gasteiger partial charge is 0.394 e. The third kappa shape index (κ3) is 6.08. The Morgan fingerprint density at radius 1 is 1.09 bits per heavy atom. The molecular weight excluding hydrogens is 603 g/mol. The summed E-state index contributed by atoms with van der Waals surface area (Å²) >= 11 is 13.2. The first-order valence-corrected chi connectivity index (χ1v) is 15.4. The molecule has 2 aliphatic rings. The molecule has 1 saturated heterocycles. The number of likely N-dealkylation sites (tertiary alicyclic amines) is 1. The van der Waals surface area contributed by atoms with Crippen molar-refractivity contribution < 1.29 is 24.2 Å². The number of benzene rings is 2. The molecule has 11 heteroatoms. The number of aliphatic carboxylic acids is 1. The van der Waals surface area contributed by atoms with Crippen LogP contribution in [0.1, 0.15) is 52.9 Å². The van der Waals surface area contributed by atoms with E-state index in [0.29, 0.717) is 42.9 Å². The van der Waals surface area contributed by atoms with Gasteiger partial charge in [-0.15, -0.1) is 0 Å². The van der Waals surface area contributed by atoms with E-state index in [2.05, 4.69) is 10.4 Å².